The van der Waals surface area contributed by atoms with E-state index in [2.05, 4.69) is 20.4 Å². The maximum absolute atomic E-state index is 12.9. The second-order valence-corrected chi connectivity index (χ2v) is 9.74. The molecule has 1 saturated carbocycles. The van der Waals surface area contributed by atoms with E-state index in [0.717, 1.165) is 25.7 Å². The summed E-state index contributed by atoms with van der Waals surface area (Å²) in [5.41, 5.74) is 0. The monoisotopic (exact) mass is 391 g/mol. The number of anilines is 1. The van der Waals surface area contributed by atoms with Gasteiger partial charge >= 0.3 is 0 Å². The predicted molar refractivity (Wildman–Crippen MR) is 101 cm³/mol. The number of sulfone groups is 1. The lowest BCUT2D eigenvalue weighted by atomic mass is 9.98. The van der Waals surface area contributed by atoms with Gasteiger partial charge in [0.15, 0.2) is 15.7 Å². The highest BCUT2D eigenvalue weighted by atomic mass is 32.2. The Hall–Kier alpha value is -2.29. The van der Waals surface area contributed by atoms with Crippen LogP contribution in [0, 0.1) is 5.92 Å². The van der Waals surface area contributed by atoms with Crippen LogP contribution < -0.4 is 5.32 Å². The van der Waals surface area contributed by atoms with Gasteiger partial charge in [0.25, 0.3) is 0 Å². The molecule has 0 aliphatic heterocycles. The van der Waals surface area contributed by atoms with Crippen molar-refractivity contribution in [3.8, 4) is 0 Å². The summed E-state index contributed by atoms with van der Waals surface area (Å²) in [6.07, 6.45) is 12.4. The molecule has 0 bridgehead atoms. The highest BCUT2D eigenvalue weighted by Crippen LogP contribution is 2.32. The van der Waals surface area contributed by atoms with Gasteiger partial charge in [-0.1, -0.05) is 25.7 Å². The summed E-state index contributed by atoms with van der Waals surface area (Å²) in [6, 6.07) is -0.591. The van der Waals surface area contributed by atoms with Gasteiger partial charge in [0.05, 0.1) is 17.6 Å². The number of amides is 1. The van der Waals surface area contributed by atoms with E-state index in [1.165, 1.54) is 35.7 Å². The molecule has 1 amide bonds. The third-order valence-corrected chi connectivity index (χ3v) is 7.10. The maximum Gasteiger partial charge on any atom is 0.250 e. The van der Waals surface area contributed by atoms with Crippen molar-refractivity contribution in [3.63, 3.8) is 0 Å². The Morgan fingerprint density at radius 2 is 2.00 bits per heavy atom. The number of nitrogens with one attached hydrogen (secondary N) is 1. The Morgan fingerprint density at radius 3 is 2.63 bits per heavy atom. The largest absolute Gasteiger partial charge is 0.308 e. The Balaban J connectivity index is 1.85. The highest BCUT2D eigenvalue weighted by Gasteiger charge is 2.29. The number of carbonyl (C=O) groups excluding carboxylic acids is 1. The summed E-state index contributed by atoms with van der Waals surface area (Å²) in [7, 11) is -3.44. The van der Waals surface area contributed by atoms with Crippen molar-refractivity contribution in [1.82, 2.24) is 19.7 Å². The summed E-state index contributed by atoms with van der Waals surface area (Å²) < 4.78 is 26.3. The number of carbonyl (C=O) groups is 1. The molecular weight excluding hydrogens is 366 g/mol. The molecule has 2 aromatic rings. The molecule has 1 aliphatic rings. The molecule has 1 fully saturated rings. The maximum atomic E-state index is 12.9. The summed E-state index contributed by atoms with van der Waals surface area (Å²) in [6.45, 7) is 3.26. The van der Waals surface area contributed by atoms with Gasteiger partial charge in [0, 0.05) is 18.6 Å². The molecule has 0 aromatic carbocycles. The van der Waals surface area contributed by atoms with Crippen LogP contribution in [0.15, 0.2) is 35.9 Å². The summed E-state index contributed by atoms with van der Waals surface area (Å²) in [5.74, 6) is 0.525. The van der Waals surface area contributed by atoms with Gasteiger partial charge in [-0.25, -0.2) is 13.4 Å². The van der Waals surface area contributed by atoms with E-state index in [0.29, 0.717) is 18.2 Å². The molecule has 0 saturated heterocycles. The zero-order valence-electron chi connectivity index (χ0n) is 15.6. The van der Waals surface area contributed by atoms with Crippen LogP contribution in [0.3, 0.4) is 0 Å². The minimum Gasteiger partial charge on any atom is -0.308 e. The van der Waals surface area contributed by atoms with Gasteiger partial charge in [-0.05, 0) is 26.2 Å². The zero-order chi connectivity index (χ0) is 19.4. The van der Waals surface area contributed by atoms with E-state index in [9.17, 15) is 13.2 Å². The molecule has 1 atom stereocenters. The van der Waals surface area contributed by atoms with Gasteiger partial charge in [-0.2, -0.15) is 5.10 Å². The standard InChI is InChI=1S/C18H25N5O3S/c1-13(2)27(25,26)15-10-21-23(12-15)16(9-14-5-3-4-6-14)18(24)22-17-11-19-7-8-20-17/h7-8,10-14,16H,3-6,9H2,1-2H3,(H,20,22,24)/t16-/m0/s1. The van der Waals surface area contributed by atoms with E-state index < -0.39 is 21.1 Å². The Kier molecular flexibility index (Phi) is 5.88. The SMILES string of the molecule is CC(C)S(=O)(=O)c1cnn([C@@H](CC2CCCC2)C(=O)Nc2cnccn2)c1. The lowest BCUT2D eigenvalue weighted by Gasteiger charge is -2.20. The fraction of sp³-hybridized carbons (Fsp3) is 0.556. The van der Waals surface area contributed by atoms with Gasteiger partial charge < -0.3 is 5.32 Å². The minimum absolute atomic E-state index is 0.140. The molecule has 27 heavy (non-hydrogen) atoms. The van der Waals surface area contributed by atoms with Gasteiger partial charge in [0.2, 0.25) is 5.91 Å². The van der Waals surface area contributed by atoms with Gasteiger partial charge in [-0.3, -0.25) is 14.5 Å². The first-order valence-corrected chi connectivity index (χ1v) is 10.8. The highest BCUT2D eigenvalue weighted by molar-refractivity contribution is 7.92. The number of nitrogens with zero attached hydrogens (tertiary/aromatic N) is 4. The first-order valence-electron chi connectivity index (χ1n) is 9.23. The van der Waals surface area contributed by atoms with Gasteiger partial charge in [-0.15, -0.1) is 0 Å². The van der Waals surface area contributed by atoms with Crippen molar-refractivity contribution >= 4 is 21.6 Å². The average Bonchev–Trinajstić information content (AvgIpc) is 3.32. The van der Waals surface area contributed by atoms with E-state index >= 15 is 0 Å². The molecular formula is C18H25N5O3S. The number of rotatable bonds is 7. The quantitative estimate of drug-likeness (QED) is 0.777. The van der Waals surface area contributed by atoms with Crippen molar-refractivity contribution in [2.45, 2.75) is 62.1 Å². The van der Waals surface area contributed by atoms with Crippen LogP contribution in [0.2, 0.25) is 0 Å². The smallest absolute Gasteiger partial charge is 0.250 e. The molecule has 0 radical (unpaired) electrons. The van der Waals surface area contributed by atoms with Crippen molar-refractivity contribution in [1.29, 1.82) is 0 Å². The Labute approximate surface area is 159 Å². The second-order valence-electron chi connectivity index (χ2n) is 7.23. The normalized spacial score (nSPS) is 16.6. The number of aromatic nitrogens is 4. The van der Waals surface area contributed by atoms with Crippen molar-refractivity contribution in [2.24, 2.45) is 5.92 Å². The van der Waals surface area contributed by atoms with Crippen LogP contribution in [0.1, 0.15) is 52.0 Å². The second kappa shape index (κ2) is 8.16. The van der Waals surface area contributed by atoms with Crippen LogP contribution in [-0.2, 0) is 14.6 Å². The topological polar surface area (TPSA) is 107 Å². The molecule has 3 rings (SSSR count). The third kappa shape index (κ3) is 4.52. The number of hydrogen-bond donors (Lipinski definition) is 1. The van der Waals surface area contributed by atoms with E-state index in [4.69, 9.17) is 0 Å². The predicted octanol–water partition coefficient (Wildman–Crippen LogP) is 2.62. The van der Waals surface area contributed by atoms with Crippen molar-refractivity contribution in [2.75, 3.05) is 5.32 Å². The zero-order valence-corrected chi connectivity index (χ0v) is 16.4. The molecule has 2 heterocycles. The summed E-state index contributed by atoms with van der Waals surface area (Å²) in [5, 5.41) is 6.43. The molecule has 1 N–H and O–H groups in total. The molecule has 0 unspecified atom stereocenters. The van der Waals surface area contributed by atoms with Gasteiger partial charge in [0.1, 0.15) is 10.9 Å². The fourth-order valence-electron chi connectivity index (χ4n) is 3.38. The lowest BCUT2D eigenvalue weighted by Crippen LogP contribution is -2.28. The van der Waals surface area contributed by atoms with Crippen LogP contribution in [-0.4, -0.2) is 39.3 Å². The Bertz CT molecular complexity index is 873. The molecule has 146 valence electrons. The molecule has 2 aromatic heterocycles. The van der Waals surface area contributed by atoms with E-state index in [1.807, 2.05) is 0 Å². The molecule has 9 heteroatoms. The van der Waals surface area contributed by atoms with Crippen LogP contribution in [0.5, 0.6) is 0 Å². The van der Waals surface area contributed by atoms with Crippen LogP contribution in [0.4, 0.5) is 5.82 Å². The summed E-state index contributed by atoms with van der Waals surface area (Å²) in [4.78, 5) is 21.1. The van der Waals surface area contributed by atoms with Crippen LogP contribution >= 0.6 is 0 Å². The van der Waals surface area contributed by atoms with Crippen molar-refractivity contribution < 1.29 is 13.2 Å². The Morgan fingerprint density at radius 1 is 1.26 bits per heavy atom. The first kappa shape index (κ1) is 19.5. The van der Waals surface area contributed by atoms with Crippen molar-refractivity contribution in [3.05, 3.63) is 31.0 Å². The molecule has 1 aliphatic carbocycles. The average molecular weight is 391 g/mol. The van der Waals surface area contributed by atoms with E-state index in [1.54, 1.807) is 13.8 Å². The third-order valence-electron chi connectivity index (χ3n) is 4.99. The van der Waals surface area contributed by atoms with Crippen LogP contribution in [0.25, 0.3) is 0 Å². The van der Waals surface area contributed by atoms with E-state index in [-0.39, 0.29) is 10.8 Å². The minimum atomic E-state index is -3.44. The summed E-state index contributed by atoms with van der Waals surface area (Å²) >= 11 is 0. The lowest BCUT2D eigenvalue weighted by molar-refractivity contribution is -0.120. The molecule has 8 nitrogen and oxygen atoms in total. The number of hydrogen-bond acceptors (Lipinski definition) is 6. The molecule has 0 spiro atoms. The first-order chi connectivity index (χ1) is 12.9. The fourth-order valence-corrected chi connectivity index (χ4v) is 4.37.